The Morgan fingerprint density at radius 1 is 1.28 bits per heavy atom. The molecule has 0 saturated heterocycles. The van der Waals surface area contributed by atoms with E-state index in [1.54, 1.807) is 11.8 Å². The highest BCUT2D eigenvalue weighted by molar-refractivity contribution is 6.05. The van der Waals surface area contributed by atoms with Crippen LogP contribution in [-0.4, -0.2) is 33.2 Å². The molecule has 0 aliphatic carbocycles. The van der Waals surface area contributed by atoms with E-state index in [1.807, 2.05) is 0 Å². The van der Waals surface area contributed by atoms with Gasteiger partial charge in [0.1, 0.15) is 29.0 Å². The van der Waals surface area contributed by atoms with Gasteiger partial charge in [-0.1, -0.05) is 6.07 Å². The summed E-state index contributed by atoms with van der Waals surface area (Å²) in [6.07, 6.45) is 2.97. The van der Waals surface area contributed by atoms with Gasteiger partial charge in [0.15, 0.2) is 5.82 Å². The molecule has 1 aromatic carbocycles. The van der Waals surface area contributed by atoms with Crippen LogP contribution in [-0.2, 0) is 0 Å². The molecule has 0 amide bonds. The molecule has 4 rings (SSSR count). The smallest absolute Gasteiger partial charge is 0.153 e. The van der Waals surface area contributed by atoms with Gasteiger partial charge >= 0.3 is 0 Å². The fraction of sp³-hybridized carbons (Fsp3) is 0.235. The number of halogens is 2. The quantitative estimate of drug-likeness (QED) is 0.730. The number of anilines is 1. The molecule has 0 unspecified atom stereocenters. The van der Waals surface area contributed by atoms with Gasteiger partial charge in [-0.25, -0.2) is 13.8 Å². The highest BCUT2D eigenvalue weighted by Crippen LogP contribution is 2.35. The van der Waals surface area contributed by atoms with Crippen LogP contribution in [0.4, 0.5) is 20.3 Å². The van der Waals surface area contributed by atoms with Gasteiger partial charge in [-0.2, -0.15) is 5.10 Å². The number of nitrogens with zero attached hydrogens (tertiary/aromatic N) is 3. The Morgan fingerprint density at radius 2 is 2.04 bits per heavy atom. The summed E-state index contributed by atoms with van der Waals surface area (Å²) in [5.41, 5.74) is 1.47. The van der Waals surface area contributed by atoms with E-state index in [9.17, 15) is 8.78 Å². The van der Waals surface area contributed by atoms with Gasteiger partial charge in [-0.3, -0.25) is 5.10 Å². The zero-order chi connectivity index (χ0) is 17.6. The molecule has 8 heteroatoms. The number of H-pyrrole nitrogens is 1. The second-order valence-electron chi connectivity index (χ2n) is 5.99. The van der Waals surface area contributed by atoms with Crippen molar-refractivity contribution in [3.63, 3.8) is 0 Å². The van der Waals surface area contributed by atoms with Crippen molar-refractivity contribution < 1.29 is 8.78 Å². The summed E-state index contributed by atoms with van der Waals surface area (Å²) in [5, 5.41) is 18.0. The molecule has 128 valence electrons. The fourth-order valence-electron chi connectivity index (χ4n) is 3.18. The van der Waals surface area contributed by atoms with Crippen LogP contribution in [0.2, 0.25) is 0 Å². The molecule has 1 aromatic heterocycles. The average molecular weight is 342 g/mol. The number of allylic oxidation sites excluding steroid dienone is 1. The van der Waals surface area contributed by atoms with Crippen molar-refractivity contribution in [2.24, 2.45) is 4.99 Å². The third-order valence-corrected chi connectivity index (χ3v) is 4.35. The molecular formula is C17H16F2N6. The molecule has 2 aliphatic rings. The lowest BCUT2D eigenvalue weighted by molar-refractivity contribution is 0.463. The Labute approximate surface area is 142 Å². The largest absolute Gasteiger partial charge is 0.325 e. The van der Waals surface area contributed by atoms with Crippen molar-refractivity contribution in [3.8, 4) is 0 Å². The van der Waals surface area contributed by atoms with Crippen molar-refractivity contribution in [2.75, 3.05) is 11.9 Å². The average Bonchev–Trinajstić information content (AvgIpc) is 2.94. The minimum Gasteiger partial charge on any atom is -0.325 e. The summed E-state index contributed by atoms with van der Waals surface area (Å²) in [6, 6.07) is 3.75. The van der Waals surface area contributed by atoms with Gasteiger partial charge in [0.25, 0.3) is 0 Å². The van der Waals surface area contributed by atoms with Gasteiger partial charge in [-0.15, -0.1) is 0 Å². The molecule has 0 saturated carbocycles. The van der Waals surface area contributed by atoms with Crippen LogP contribution in [0.25, 0.3) is 0 Å². The lowest BCUT2D eigenvalue weighted by atomic mass is 10.0. The maximum absolute atomic E-state index is 14.4. The van der Waals surface area contributed by atoms with Gasteiger partial charge in [0.2, 0.25) is 0 Å². The first kappa shape index (κ1) is 15.5. The Hall–Kier alpha value is -3.03. The minimum absolute atomic E-state index is 0.178. The first-order valence-corrected chi connectivity index (χ1v) is 7.96. The summed E-state index contributed by atoms with van der Waals surface area (Å²) in [6.45, 7) is 2.25. The van der Waals surface area contributed by atoms with E-state index in [4.69, 9.17) is 5.41 Å². The number of aromatic amines is 1. The predicted octanol–water partition coefficient (Wildman–Crippen LogP) is 3.54. The highest BCUT2D eigenvalue weighted by Gasteiger charge is 2.32. The lowest BCUT2D eigenvalue weighted by Gasteiger charge is -2.33. The summed E-state index contributed by atoms with van der Waals surface area (Å²) in [4.78, 5) is 6.21. The highest BCUT2D eigenvalue weighted by atomic mass is 19.1. The summed E-state index contributed by atoms with van der Waals surface area (Å²) < 4.78 is 28.9. The number of nitrogens with one attached hydrogen (secondary N) is 3. The molecule has 0 spiro atoms. The maximum atomic E-state index is 14.4. The third kappa shape index (κ3) is 2.50. The molecule has 25 heavy (non-hydrogen) atoms. The Balaban J connectivity index is 1.99. The van der Waals surface area contributed by atoms with E-state index < -0.39 is 11.6 Å². The van der Waals surface area contributed by atoms with Crippen LogP contribution in [0.5, 0.6) is 0 Å². The summed E-state index contributed by atoms with van der Waals surface area (Å²) >= 11 is 0. The number of benzene rings is 1. The number of hydrogen-bond acceptors (Lipinski definition) is 5. The molecule has 3 N–H and O–H groups in total. The Kier molecular flexibility index (Phi) is 3.60. The third-order valence-electron chi connectivity index (χ3n) is 4.35. The van der Waals surface area contributed by atoms with Crippen molar-refractivity contribution in [1.82, 2.24) is 15.1 Å². The molecular weight excluding hydrogens is 326 g/mol. The molecule has 0 bridgehead atoms. The summed E-state index contributed by atoms with van der Waals surface area (Å²) in [7, 11) is 0. The normalized spacial score (nSPS) is 16.6. The molecule has 6 nitrogen and oxygen atoms in total. The van der Waals surface area contributed by atoms with E-state index in [0.29, 0.717) is 36.0 Å². The minimum atomic E-state index is -0.677. The van der Waals surface area contributed by atoms with Crippen LogP contribution in [0.15, 0.2) is 40.8 Å². The number of aliphatic imine (C=N–C) groups is 1. The van der Waals surface area contributed by atoms with E-state index in [2.05, 4.69) is 20.5 Å². The summed E-state index contributed by atoms with van der Waals surface area (Å²) in [5.74, 6) is -0.0280. The van der Waals surface area contributed by atoms with Crippen LogP contribution in [0.3, 0.4) is 0 Å². The van der Waals surface area contributed by atoms with Crippen molar-refractivity contribution in [1.29, 1.82) is 5.41 Å². The zero-order valence-corrected chi connectivity index (χ0v) is 13.5. The lowest BCUT2D eigenvalue weighted by Crippen LogP contribution is -2.39. The van der Waals surface area contributed by atoms with Gasteiger partial charge in [-0.05, 0) is 31.9 Å². The topological polar surface area (TPSA) is 80.2 Å². The van der Waals surface area contributed by atoms with Crippen molar-refractivity contribution >= 4 is 23.1 Å². The number of hydrogen-bond donors (Lipinski definition) is 3. The fourth-order valence-corrected chi connectivity index (χ4v) is 3.18. The molecule has 0 radical (unpaired) electrons. The Morgan fingerprint density at radius 3 is 2.76 bits per heavy atom. The maximum Gasteiger partial charge on any atom is 0.153 e. The molecule has 0 atom stereocenters. The first-order chi connectivity index (χ1) is 12.1. The standard InChI is InChI=1S/C17H16F2N6/c1-9(20)10-4-3-7-25-16(10)23-15-13(8-21-24-15)22-17(25)14-11(18)5-2-6-12(14)19/h2,5-6,8,20H,3-4,7H2,1H3,(H2,21,23,24). The Bertz CT molecular complexity index is 907. The molecule has 2 aromatic rings. The van der Waals surface area contributed by atoms with Crippen LogP contribution >= 0.6 is 0 Å². The second-order valence-corrected chi connectivity index (χ2v) is 5.99. The number of rotatable bonds is 2. The van der Waals surface area contributed by atoms with Crippen molar-refractivity contribution in [3.05, 3.63) is 53.0 Å². The van der Waals surface area contributed by atoms with Crippen LogP contribution in [0.1, 0.15) is 25.3 Å². The monoisotopic (exact) mass is 342 g/mol. The number of fused-ring (bicyclic) bond motifs is 2. The van der Waals surface area contributed by atoms with Crippen LogP contribution < -0.4 is 5.32 Å². The number of aromatic nitrogens is 2. The molecule has 0 fully saturated rings. The van der Waals surface area contributed by atoms with Gasteiger partial charge < -0.3 is 15.6 Å². The first-order valence-electron chi connectivity index (χ1n) is 7.96. The van der Waals surface area contributed by atoms with Crippen LogP contribution in [0, 0.1) is 17.0 Å². The van der Waals surface area contributed by atoms with E-state index in [0.717, 1.165) is 12.0 Å². The SMILES string of the molecule is CC(=N)C1=C2Nc3[nH]ncc3N=C(c3c(F)cccc3F)N2CCC1. The predicted molar refractivity (Wildman–Crippen MR) is 91.1 cm³/mol. The van der Waals surface area contributed by atoms with Gasteiger partial charge in [0.05, 0.1) is 11.8 Å². The molecule has 2 aliphatic heterocycles. The second kappa shape index (κ2) is 5.80. The zero-order valence-electron chi connectivity index (χ0n) is 13.5. The van der Waals surface area contributed by atoms with Crippen molar-refractivity contribution in [2.45, 2.75) is 19.8 Å². The van der Waals surface area contributed by atoms with E-state index in [-0.39, 0.29) is 11.4 Å². The number of amidine groups is 1. The van der Waals surface area contributed by atoms with E-state index >= 15 is 0 Å². The van der Waals surface area contributed by atoms with E-state index in [1.165, 1.54) is 24.4 Å². The van der Waals surface area contributed by atoms with Gasteiger partial charge in [0, 0.05) is 17.8 Å². The molecule has 3 heterocycles.